The summed E-state index contributed by atoms with van der Waals surface area (Å²) in [5, 5.41) is 14.5. The number of anilines is 1. The molecule has 136 valence electrons. The number of aromatic nitrogens is 3. The summed E-state index contributed by atoms with van der Waals surface area (Å²) in [5.74, 6) is 2.33. The summed E-state index contributed by atoms with van der Waals surface area (Å²) in [6, 6.07) is 6.88. The van der Waals surface area contributed by atoms with Gasteiger partial charge in [-0.2, -0.15) is 0 Å². The average Bonchev–Trinajstić information content (AvgIpc) is 3.28. The van der Waals surface area contributed by atoms with E-state index in [9.17, 15) is 4.79 Å². The highest BCUT2D eigenvalue weighted by molar-refractivity contribution is 7.99. The molecule has 1 N–H and O–H groups in total. The van der Waals surface area contributed by atoms with E-state index in [-0.39, 0.29) is 16.9 Å². The van der Waals surface area contributed by atoms with Crippen molar-refractivity contribution in [2.45, 2.75) is 12.1 Å². The molecule has 0 saturated heterocycles. The number of thioether (sulfide) groups is 1. The summed E-state index contributed by atoms with van der Waals surface area (Å²) in [4.78, 5) is 11.9. The van der Waals surface area contributed by atoms with Crippen LogP contribution in [0.4, 0.5) is 5.82 Å². The first kappa shape index (κ1) is 17.8. The average molecular weight is 376 g/mol. The van der Waals surface area contributed by atoms with Crippen molar-refractivity contribution in [3.8, 4) is 23.0 Å². The number of nitrogens with zero attached hydrogens (tertiary/aromatic N) is 3. The molecule has 0 atom stereocenters. The molecule has 0 aliphatic rings. The monoisotopic (exact) mass is 376 g/mol. The van der Waals surface area contributed by atoms with Crippen LogP contribution in [0.25, 0.3) is 11.5 Å². The van der Waals surface area contributed by atoms with Gasteiger partial charge >= 0.3 is 0 Å². The highest BCUT2D eigenvalue weighted by Gasteiger charge is 2.14. The summed E-state index contributed by atoms with van der Waals surface area (Å²) >= 11 is 1.12. The van der Waals surface area contributed by atoms with Gasteiger partial charge in [0, 0.05) is 17.7 Å². The van der Waals surface area contributed by atoms with Crippen molar-refractivity contribution in [2.75, 3.05) is 25.3 Å². The number of carbonyl (C=O) groups excluding carboxylic acids is 1. The Kier molecular flexibility index (Phi) is 5.42. The van der Waals surface area contributed by atoms with Gasteiger partial charge in [0.25, 0.3) is 5.22 Å². The van der Waals surface area contributed by atoms with Gasteiger partial charge < -0.3 is 23.7 Å². The van der Waals surface area contributed by atoms with Crippen LogP contribution in [0.2, 0.25) is 0 Å². The number of amides is 1. The fraction of sp³-hybridized carbons (Fsp3) is 0.250. The third kappa shape index (κ3) is 4.33. The van der Waals surface area contributed by atoms with E-state index in [1.54, 1.807) is 45.4 Å². The Morgan fingerprint density at radius 2 is 1.88 bits per heavy atom. The minimum atomic E-state index is -0.258. The first-order valence-corrected chi connectivity index (χ1v) is 8.49. The summed E-state index contributed by atoms with van der Waals surface area (Å²) in [6.07, 6.45) is 0. The van der Waals surface area contributed by atoms with E-state index >= 15 is 0 Å². The molecule has 0 saturated carbocycles. The Balaban J connectivity index is 1.63. The van der Waals surface area contributed by atoms with E-state index in [2.05, 4.69) is 20.7 Å². The molecule has 3 rings (SSSR count). The molecular formula is C16H16N4O5S. The molecule has 26 heavy (non-hydrogen) atoms. The highest BCUT2D eigenvalue weighted by Crippen LogP contribution is 2.30. The van der Waals surface area contributed by atoms with Gasteiger partial charge in [0.15, 0.2) is 5.82 Å². The van der Waals surface area contributed by atoms with E-state index in [0.717, 1.165) is 11.8 Å². The van der Waals surface area contributed by atoms with Crippen LogP contribution in [0.5, 0.6) is 11.5 Å². The van der Waals surface area contributed by atoms with E-state index in [4.69, 9.17) is 18.4 Å². The van der Waals surface area contributed by atoms with Gasteiger partial charge in [0.2, 0.25) is 11.8 Å². The van der Waals surface area contributed by atoms with Gasteiger partial charge in [-0.1, -0.05) is 16.9 Å². The van der Waals surface area contributed by atoms with Crippen molar-refractivity contribution in [2.24, 2.45) is 0 Å². The third-order valence-electron chi connectivity index (χ3n) is 3.23. The van der Waals surface area contributed by atoms with Crippen LogP contribution in [0.3, 0.4) is 0 Å². The van der Waals surface area contributed by atoms with Crippen LogP contribution in [-0.2, 0) is 4.79 Å². The van der Waals surface area contributed by atoms with Crippen LogP contribution < -0.4 is 14.8 Å². The minimum Gasteiger partial charge on any atom is -0.497 e. The van der Waals surface area contributed by atoms with Crippen LogP contribution in [-0.4, -0.2) is 41.2 Å². The third-order valence-corrected chi connectivity index (χ3v) is 4.05. The number of aryl methyl sites for hydroxylation is 1. The zero-order chi connectivity index (χ0) is 18.5. The lowest BCUT2D eigenvalue weighted by atomic mass is 10.2. The predicted molar refractivity (Wildman–Crippen MR) is 93.4 cm³/mol. The molecule has 0 spiro atoms. The van der Waals surface area contributed by atoms with Crippen LogP contribution >= 0.6 is 11.8 Å². The molecule has 9 nitrogen and oxygen atoms in total. The zero-order valence-electron chi connectivity index (χ0n) is 14.3. The van der Waals surface area contributed by atoms with Crippen LogP contribution in [0, 0.1) is 6.92 Å². The van der Waals surface area contributed by atoms with Crippen molar-refractivity contribution >= 4 is 23.5 Å². The predicted octanol–water partition coefficient (Wildman–Crippen LogP) is 2.78. The molecule has 0 radical (unpaired) electrons. The minimum absolute atomic E-state index is 0.0922. The molecule has 0 fully saturated rings. The number of hydrogen-bond donors (Lipinski definition) is 1. The van der Waals surface area contributed by atoms with Crippen molar-refractivity contribution in [3.63, 3.8) is 0 Å². The maximum atomic E-state index is 11.9. The van der Waals surface area contributed by atoms with Gasteiger partial charge in [-0.3, -0.25) is 4.79 Å². The van der Waals surface area contributed by atoms with E-state index < -0.39 is 0 Å². The van der Waals surface area contributed by atoms with Crippen molar-refractivity contribution in [1.82, 2.24) is 15.4 Å². The number of ether oxygens (including phenoxy) is 2. The standard InChI is InChI=1S/C16H16N4O5S/c1-9-4-13(20-25-9)17-14(21)8-26-16-19-18-15(24-16)10-5-11(22-2)7-12(6-10)23-3/h4-7H,8H2,1-3H3,(H,17,20,21). The van der Waals surface area contributed by atoms with Crippen molar-refractivity contribution in [3.05, 3.63) is 30.0 Å². The zero-order valence-corrected chi connectivity index (χ0v) is 15.1. The topological polar surface area (TPSA) is 113 Å². The fourth-order valence-corrected chi connectivity index (χ4v) is 2.61. The Morgan fingerprint density at radius 3 is 2.50 bits per heavy atom. The van der Waals surface area contributed by atoms with E-state index in [1.165, 1.54) is 0 Å². The first-order chi connectivity index (χ1) is 12.6. The van der Waals surface area contributed by atoms with Gasteiger partial charge in [0.05, 0.1) is 20.0 Å². The Bertz CT molecular complexity index is 885. The highest BCUT2D eigenvalue weighted by atomic mass is 32.2. The number of methoxy groups -OCH3 is 2. The number of benzene rings is 1. The van der Waals surface area contributed by atoms with E-state index in [0.29, 0.717) is 34.5 Å². The second-order valence-electron chi connectivity index (χ2n) is 5.13. The van der Waals surface area contributed by atoms with Gasteiger partial charge in [-0.25, -0.2) is 0 Å². The van der Waals surface area contributed by atoms with E-state index in [1.807, 2.05) is 0 Å². The molecule has 0 bridgehead atoms. The molecular weight excluding hydrogens is 360 g/mol. The number of rotatable bonds is 7. The smallest absolute Gasteiger partial charge is 0.277 e. The maximum absolute atomic E-state index is 11.9. The fourth-order valence-electron chi connectivity index (χ4n) is 2.05. The molecule has 0 aliphatic carbocycles. The molecule has 2 heterocycles. The van der Waals surface area contributed by atoms with Crippen LogP contribution in [0.15, 0.2) is 38.4 Å². The number of nitrogens with one attached hydrogen (secondary N) is 1. The summed E-state index contributed by atoms with van der Waals surface area (Å²) in [5.41, 5.74) is 0.656. The Labute approximate surface area is 153 Å². The second-order valence-corrected chi connectivity index (χ2v) is 6.06. The molecule has 10 heteroatoms. The Hall–Kier alpha value is -3.01. The second kappa shape index (κ2) is 7.91. The molecule has 0 aliphatic heterocycles. The first-order valence-electron chi connectivity index (χ1n) is 7.50. The van der Waals surface area contributed by atoms with Gasteiger partial charge in [-0.05, 0) is 19.1 Å². The lowest BCUT2D eigenvalue weighted by Gasteiger charge is -2.05. The van der Waals surface area contributed by atoms with Crippen molar-refractivity contribution < 1.29 is 23.2 Å². The van der Waals surface area contributed by atoms with Gasteiger partial charge in [-0.15, -0.1) is 10.2 Å². The SMILES string of the molecule is COc1cc(OC)cc(-c2nnc(SCC(=O)Nc3cc(C)on3)o2)c1. The summed E-state index contributed by atoms with van der Waals surface area (Å²) in [7, 11) is 3.12. The quantitative estimate of drug-likeness (QED) is 0.622. The maximum Gasteiger partial charge on any atom is 0.277 e. The lowest BCUT2D eigenvalue weighted by molar-refractivity contribution is -0.113. The Morgan fingerprint density at radius 1 is 1.15 bits per heavy atom. The molecule has 1 amide bonds. The van der Waals surface area contributed by atoms with Gasteiger partial charge in [0.1, 0.15) is 17.3 Å². The number of hydrogen-bond acceptors (Lipinski definition) is 9. The largest absolute Gasteiger partial charge is 0.497 e. The van der Waals surface area contributed by atoms with Crippen molar-refractivity contribution in [1.29, 1.82) is 0 Å². The summed E-state index contributed by atoms with van der Waals surface area (Å²) in [6.45, 7) is 1.74. The molecule has 3 aromatic rings. The molecule has 1 aromatic carbocycles. The lowest BCUT2D eigenvalue weighted by Crippen LogP contribution is -2.14. The molecule has 2 aromatic heterocycles. The summed E-state index contributed by atoms with van der Waals surface area (Å²) < 4.78 is 20.9. The van der Waals surface area contributed by atoms with Crippen LogP contribution in [0.1, 0.15) is 5.76 Å². The normalized spacial score (nSPS) is 10.6. The number of carbonyl (C=O) groups is 1. The molecule has 0 unspecified atom stereocenters.